The summed E-state index contributed by atoms with van der Waals surface area (Å²) in [6.45, 7) is 6.53. The van der Waals surface area contributed by atoms with Crippen LogP contribution in [0.3, 0.4) is 0 Å². The third kappa shape index (κ3) is 5.14. The molecular weight excluding hydrogens is 418 g/mol. The predicted molar refractivity (Wildman–Crippen MR) is 128 cm³/mol. The lowest BCUT2D eigenvalue weighted by atomic mass is 9.91. The number of likely N-dealkylation sites (N-methyl/N-ethyl adjacent to an activating group) is 1. The van der Waals surface area contributed by atoms with E-state index in [0.29, 0.717) is 30.3 Å². The van der Waals surface area contributed by atoms with Gasteiger partial charge in [0.2, 0.25) is 0 Å². The number of rotatable bonds is 9. The van der Waals surface area contributed by atoms with Gasteiger partial charge in [-0.05, 0) is 51.3 Å². The van der Waals surface area contributed by atoms with Crippen molar-refractivity contribution in [2.75, 3.05) is 51.4 Å². The van der Waals surface area contributed by atoms with Gasteiger partial charge >= 0.3 is 0 Å². The highest BCUT2D eigenvalue weighted by molar-refractivity contribution is 5.62. The topological polar surface area (TPSA) is 91.8 Å². The van der Waals surface area contributed by atoms with Gasteiger partial charge in [-0.2, -0.15) is 0 Å². The number of nitrogens with zero attached hydrogens (tertiary/aromatic N) is 3. The zero-order valence-corrected chi connectivity index (χ0v) is 19.6. The number of hydrogen-bond donors (Lipinski definition) is 3. The highest BCUT2D eigenvalue weighted by atomic mass is 16.5. The van der Waals surface area contributed by atoms with Crippen LogP contribution in [0.1, 0.15) is 24.1 Å². The van der Waals surface area contributed by atoms with Gasteiger partial charge in [-0.3, -0.25) is 0 Å². The zero-order chi connectivity index (χ0) is 22.8. The van der Waals surface area contributed by atoms with Crippen LogP contribution in [0.25, 0.3) is 11.4 Å². The minimum absolute atomic E-state index is 0.237. The van der Waals surface area contributed by atoms with Crippen molar-refractivity contribution in [2.45, 2.75) is 44.4 Å². The maximum absolute atomic E-state index is 9.97. The number of aliphatic hydroxyl groups is 1. The monoisotopic (exact) mass is 453 g/mol. The molecule has 3 N–H and O–H groups in total. The SMILES string of the molecule is CNCC(O)COc1cccc(-c2nc(CC3CCOC3)c(C)c(N3CC4CC(C3)N4)n2)c1. The highest BCUT2D eigenvalue weighted by Crippen LogP contribution is 2.32. The van der Waals surface area contributed by atoms with Crippen LogP contribution in [0.4, 0.5) is 5.82 Å². The van der Waals surface area contributed by atoms with Crippen molar-refractivity contribution in [2.24, 2.45) is 5.92 Å². The maximum atomic E-state index is 9.97. The number of benzene rings is 1. The number of aliphatic hydroxyl groups excluding tert-OH is 1. The molecule has 4 saturated heterocycles. The van der Waals surface area contributed by atoms with Crippen LogP contribution in [-0.4, -0.2) is 79.8 Å². The van der Waals surface area contributed by atoms with E-state index in [2.05, 4.69) is 22.5 Å². The molecule has 0 saturated carbocycles. The summed E-state index contributed by atoms with van der Waals surface area (Å²) >= 11 is 0. The molecule has 2 bridgehead atoms. The number of hydrogen-bond acceptors (Lipinski definition) is 8. The minimum Gasteiger partial charge on any atom is -0.491 e. The molecule has 178 valence electrons. The van der Waals surface area contributed by atoms with Gasteiger partial charge < -0.3 is 30.1 Å². The average molecular weight is 454 g/mol. The van der Waals surface area contributed by atoms with Gasteiger partial charge in [-0.1, -0.05) is 12.1 Å². The van der Waals surface area contributed by atoms with Crippen LogP contribution in [0.2, 0.25) is 0 Å². The lowest BCUT2D eigenvalue weighted by Gasteiger charge is -2.49. The van der Waals surface area contributed by atoms with Gasteiger partial charge in [0, 0.05) is 61.8 Å². The molecule has 0 aliphatic carbocycles. The van der Waals surface area contributed by atoms with Gasteiger partial charge in [-0.15, -0.1) is 0 Å². The lowest BCUT2D eigenvalue weighted by Crippen LogP contribution is -2.67. The van der Waals surface area contributed by atoms with Crippen LogP contribution >= 0.6 is 0 Å². The molecule has 1 aromatic carbocycles. The Balaban J connectivity index is 1.43. The molecule has 4 aliphatic heterocycles. The first kappa shape index (κ1) is 22.5. The quantitative estimate of drug-likeness (QED) is 0.527. The Kier molecular flexibility index (Phi) is 6.78. The summed E-state index contributed by atoms with van der Waals surface area (Å²) < 4.78 is 11.5. The Morgan fingerprint density at radius 2 is 2.12 bits per heavy atom. The second kappa shape index (κ2) is 9.93. The summed E-state index contributed by atoms with van der Waals surface area (Å²) in [7, 11) is 1.81. The first-order valence-electron chi connectivity index (χ1n) is 12.1. The number of anilines is 1. The van der Waals surface area contributed by atoms with Gasteiger partial charge in [0.05, 0.1) is 0 Å². The van der Waals surface area contributed by atoms with Crippen molar-refractivity contribution >= 4 is 5.82 Å². The third-order valence-electron chi connectivity index (χ3n) is 6.92. The van der Waals surface area contributed by atoms with E-state index in [-0.39, 0.29) is 6.61 Å². The van der Waals surface area contributed by atoms with E-state index in [9.17, 15) is 5.11 Å². The lowest BCUT2D eigenvalue weighted by molar-refractivity contribution is 0.108. The van der Waals surface area contributed by atoms with Crippen LogP contribution in [0.15, 0.2) is 24.3 Å². The predicted octanol–water partition coefficient (Wildman–Crippen LogP) is 1.54. The Morgan fingerprint density at radius 1 is 1.30 bits per heavy atom. The summed E-state index contributed by atoms with van der Waals surface area (Å²) in [4.78, 5) is 12.5. The Labute approximate surface area is 195 Å². The molecule has 33 heavy (non-hydrogen) atoms. The van der Waals surface area contributed by atoms with E-state index < -0.39 is 6.10 Å². The van der Waals surface area contributed by atoms with Crippen LogP contribution in [-0.2, 0) is 11.2 Å². The molecule has 4 aliphatic rings. The van der Waals surface area contributed by atoms with Crippen LogP contribution in [0, 0.1) is 12.8 Å². The molecule has 4 unspecified atom stereocenters. The smallest absolute Gasteiger partial charge is 0.161 e. The average Bonchev–Trinajstić information content (AvgIpc) is 3.32. The van der Waals surface area contributed by atoms with E-state index >= 15 is 0 Å². The van der Waals surface area contributed by atoms with Crippen molar-refractivity contribution in [3.63, 3.8) is 0 Å². The molecule has 0 radical (unpaired) electrons. The number of piperazine rings is 1. The summed E-state index contributed by atoms with van der Waals surface area (Å²) in [5, 5.41) is 16.5. The van der Waals surface area contributed by atoms with Gasteiger partial charge in [0.15, 0.2) is 5.82 Å². The van der Waals surface area contributed by atoms with Crippen molar-refractivity contribution in [1.82, 2.24) is 20.6 Å². The Morgan fingerprint density at radius 3 is 2.85 bits per heavy atom. The molecule has 4 fully saturated rings. The molecule has 0 amide bonds. The standard InChI is InChI=1S/C25H35N5O3/c1-16-23(8-17-6-7-32-14-17)28-24(29-25(16)30-12-19-10-20(13-30)27-19)18-4-3-5-22(9-18)33-15-21(31)11-26-2/h3-5,9,17,19-21,26-27,31H,6-8,10-15H2,1-2H3. The van der Waals surface area contributed by atoms with E-state index in [4.69, 9.17) is 19.4 Å². The van der Waals surface area contributed by atoms with Gasteiger partial charge in [0.1, 0.15) is 24.3 Å². The normalized spacial score (nSPS) is 25.1. The fraction of sp³-hybridized carbons (Fsp3) is 0.600. The van der Waals surface area contributed by atoms with Crippen molar-refractivity contribution in [3.05, 3.63) is 35.5 Å². The first-order valence-corrected chi connectivity index (χ1v) is 12.1. The Hall–Kier alpha value is -2.26. The number of aromatic nitrogens is 2. The fourth-order valence-corrected chi connectivity index (χ4v) is 5.10. The molecular formula is C25H35N5O3. The molecule has 4 atom stereocenters. The molecule has 1 aromatic heterocycles. The maximum Gasteiger partial charge on any atom is 0.161 e. The molecule has 8 nitrogen and oxygen atoms in total. The zero-order valence-electron chi connectivity index (χ0n) is 19.6. The van der Waals surface area contributed by atoms with Crippen LogP contribution in [0.5, 0.6) is 5.75 Å². The Bertz CT molecular complexity index is 949. The largest absolute Gasteiger partial charge is 0.491 e. The molecule has 6 rings (SSSR count). The van der Waals surface area contributed by atoms with Gasteiger partial charge in [-0.25, -0.2) is 9.97 Å². The fourth-order valence-electron chi connectivity index (χ4n) is 5.10. The minimum atomic E-state index is -0.555. The van der Waals surface area contributed by atoms with E-state index in [1.807, 2.05) is 31.3 Å². The highest BCUT2D eigenvalue weighted by Gasteiger charge is 2.37. The van der Waals surface area contributed by atoms with Gasteiger partial charge in [0.25, 0.3) is 0 Å². The van der Waals surface area contributed by atoms with Crippen molar-refractivity contribution < 1.29 is 14.6 Å². The third-order valence-corrected chi connectivity index (χ3v) is 6.92. The summed E-state index contributed by atoms with van der Waals surface area (Å²) in [5.74, 6) is 3.01. The number of nitrogens with one attached hydrogen (secondary N) is 2. The summed E-state index contributed by atoms with van der Waals surface area (Å²) in [6.07, 6.45) is 2.71. The second-order valence-electron chi connectivity index (χ2n) is 9.63. The van der Waals surface area contributed by atoms with Crippen molar-refractivity contribution in [3.8, 4) is 17.1 Å². The number of fused-ring (bicyclic) bond motifs is 2. The number of ether oxygens (including phenoxy) is 2. The van der Waals surface area contributed by atoms with Crippen molar-refractivity contribution in [1.29, 1.82) is 0 Å². The first-order chi connectivity index (χ1) is 16.1. The molecule has 0 spiro atoms. The molecule has 8 heteroatoms. The second-order valence-corrected chi connectivity index (χ2v) is 9.63. The molecule has 2 aromatic rings. The van der Waals surface area contributed by atoms with E-state index in [1.165, 1.54) is 12.0 Å². The summed E-state index contributed by atoms with van der Waals surface area (Å²) in [6, 6.07) is 9.00. The summed E-state index contributed by atoms with van der Waals surface area (Å²) in [5.41, 5.74) is 3.24. The molecule has 5 heterocycles. The van der Waals surface area contributed by atoms with Crippen LogP contribution < -0.4 is 20.3 Å². The number of piperidine rings is 1. The van der Waals surface area contributed by atoms with E-state index in [0.717, 1.165) is 62.0 Å². The van der Waals surface area contributed by atoms with E-state index in [1.54, 1.807) is 0 Å².